The summed E-state index contributed by atoms with van der Waals surface area (Å²) < 4.78 is 4.67. The molecule has 12 rings (SSSR count). The molecule has 0 aromatic rings. The predicted molar refractivity (Wildman–Crippen MR) is 438 cm³/mol. The molecule has 12 fully saturated rings. The molecule has 0 spiro atoms. The minimum absolute atomic E-state index is 0. The van der Waals surface area contributed by atoms with Gasteiger partial charge in [0.05, 0.1) is 0 Å². The van der Waals surface area contributed by atoms with Crippen LogP contribution < -0.4 is 0 Å². The Kier molecular flexibility index (Phi) is 203. The zero-order chi connectivity index (χ0) is 56.4. The van der Waals surface area contributed by atoms with Crippen molar-refractivity contribution in [1.29, 1.82) is 0 Å². The Morgan fingerprint density at radius 3 is 0.304 bits per heavy atom. The van der Waals surface area contributed by atoms with Gasteiger partial charge in [-0.25, -0.2) is 0 Å². The Morgan fingerprint density at radius 1 is 0.228 bits per heavy atom. The van der Waals surface area contributed by atoms with Gasteiger partial charge in [-0.05, 0) is 14.1 Å². The van der Waals surface area contributed by atoms with Gasteiger partial charge in [-0.15, -0.1) is 27.3 Å². The second-order valence-electron chi connectivity index (χ2n) is 25.2. The molecule has 0 aromatic heterocycles. The van der Waals surface area contributed by atoms with E-state index in [1.165, 1.54) is 282 Å². The van der Waals surface area contributed by atoms with Crippen LogP contribution in [0.2, 0.25) is 79.5 Å². The van der Waals surface area contributed by atoms with Gasteiger partial charge in [-0.3, -0.25) is 0 Å². The molecule has 8 aliphatic carbocycles. The predicted octanol–water partition coefficient (Wildman–Crippen LogP) is 27.2. The van der Waals surface area contributed by atoms with E-state index in [0.29, 0.717) is 0 Å². The molecule has 0 amide bonds. The van der Waals surface area contributed by atoms with Crippen LogP contribution in [0.5, 0.6) is 0 Å². The number of hydrogen-bond donors (Lipinski definition) is 0. The third kappa shape index (κ3) is 117. The van der Waals surface area contributed by atoms with Crippen LogP contribution in [0.4, 0.5) is 0 Å². The second kappa shape index (κ2) is 123. The molecule has 0 bridgehead atoms. The molecular weight excluding hydrogens is 1570 g/mol. The molecule has 533 valence electrons. The minimum atomic E-state index is 0. The van der Waals surface area contributed by atoms with Crippen LogP contribution in [0, 0.1) is 136 Å². The summed E-state index contributed by atoms with van der Waals surface area (Å²) in [6.07, 6.45) is 72.8. The molecule has 0 aromatic carbocycles. The van der Waals surface area contributed by atoms with E-state index in [0.717, 1.165) is 73.5 Å². The van der Waals surface area contributed by atoms with Crippen molar-refractivity contribution in [3.63, 3.8) is 0 Å². The smallest absolute Gasteiger partial charge is 0.441 e. The molecule has 16 heteroatoms. The maximum Gasteiger partial charge on any atom is 4.00 e. The van der Waals surface area contributed by atoms with Gasteiger partial charge < -0.3 is 164 Å². The van der Waals surface area contributed by atoms with Crippen molar-refractivity contribution in [2.75, 3.05) is 14.1 Å². The quantitative estimate of drug-likeness (QED) is 0.176. The third-order valence-corrected chi connectivity index (χ3v) is 16.9. The number of hydrogen-bond acceptors (Lipinski definition) is 2. The van der Waals surface area contributed by atoms with E-state index in [9.17, 15) is 0 Å². The van der Waals surface area contributed by atoms with Gasteiger partial charge in [-0.2, -0.15) is 0 Å². The summed E-state index contributed by atoms with van der Waals surface area (Å²) in [6.45, 7) is 45.4. The first-order valence-electron chi connectivity index (χ1n) is 34.1. The third-order valence-electron chi connectivity index (χ3n) is 16.9. The molecule has 0 unspecified atom stereocenters. The molecule has 0 N–H and O–H groups in total. The Labute approximate surface area is 717 Å². The zero-order valence-corrected chi connectivity index (χ0v) is 82.9. The Bertz CT molecular complexity index is 786. The monoisotopic (exact) mass is 1740 g/mol. The topological polar surface area (TPSA) is 6.48 Å². The largest absolute Gasteiger partial charge is 4.00 e. The average Bonchev–Trinajstić information content (AvgIpc) is 4.27. The van der Waals surface area contributed by atoms with E-state index in [4.69, 9.17) is 0 Å². The fourth-order valence-electron chi connectivity index (χ4n) is 11.6. The fraction of sp³-hybridized carbons (Fsp3) is 0.750. The fourth-order valence-corrected chi connectivity index (χ4v) is 11.6. The van der Waals surface area contributed by atoms with Crippen molar-refractivity contribution in [2.24, 2.45) is 0 Å². The Balaban J connectivity index is -0.0000000333. The van der Waals surface area contributed by atoms with Gasteiger partial charge in [0.15, 0.2) is 0 Å². The SMILES string of the molecule is C1CCCC1.C1CCCC1.C1CCCC1.C1CCCC1.C1CCCC1.C1CCCC1.C1CCCC1.C1CCCC1.CB1CB(C)C1.CB1CB(C)C1.CB1[CH-]B(C)N1C.CB1[CH-]B(C)N1C.[CH2-]C[CH2-].[CH2-]C[CH2-].[CH2-]C[CH2-].[CH3-].[CH3-].[CH3-].[CH3-].[CH3-].[CH3-].[CH3-].[CH3-].[CH3-].[CH3-].[CH3-].[Zr+3].[Zr+4].[Zr+4].[Zr+4].[Zr+4].[Zr]. The van der Waals surface area contributed by atoms with Crippen LogP contribution in [0.15, 0.2) is 0 Å². The van der Waals surface area contributed by atoms with E-state index >= 15 is 0 Å². The van der Waals surface area contributed by atoms with Crippen LogP contribution in [0.25, 0.3) is 0 Å². The molecule has 2 nitrogen and oxygen atoms in total. The molecule has 8 saturated carbocycles. The van der Waals surface area contributed by atoms with Crippen LogP contribution in [-0.4, -0.2) is 77.8 Å². The van der Waals surface area contributed by atoms with Crippen LogP contribution in [-0.2, 0) is 157 Å². The summed E-state index contributed by atoms with van der Waals surface area (Å²) in [5.41, 5.74) is 0. The van der Waals surface area contributed by atoms with Crippen molar-refractivity contribution >= 4 is 54.2 Å². The van der Waals surface area contributed by atoms with Gasteiger partial charge in [0.25, 0.3) is 0 Å². The second-order valence-corrected chi connectivity index (χ2v) is 25.2. The van der Waals surface area contributed by atoms with Crippen LogP contribution in [0.3, 0.4) is 0 Å². The van der Waals surface area contributed by atoms with E-state index in [1.54, 1.807) is 0 Å². The van der Waals surface area contributed by atoms with Crippen molar-refractivity contribution in [1.82, 2.24) is 9.44 Å². The molecule has 92 heavy (non-hydrogen) atoms. The van der Waals surface area contributed by atoms with E-state index in [-0.39, 0.29) is 239 Å². The summed E-state index contributed by atoms with van der Waals surface area (Å²) in [7, 11) is 4.30. The van der Waals surface area contributed by atoms with E-state index in [2.05, 4.69) is 132 Å². The molecule has 4 aliphatic heterocycles. The Hall–Kier alpha value is 5.74. The van der Waals surface area contributed by atoms with Crippen molar-refractivity contribution < 1.29 is 157 Å². The van der Waals surface area contributed by atoms with Crippen LogP contribution >= 0.6 is 0 Å². The molecule has 1 radical (unpaired) electrons. The summed E-state index contributed by atoms with van der Waals surface area (Å²) in [6, 6.07) is 0. The van der Waals surface area contributed by atoms with E-state index < -0.39 is 0 Å². The van der Waals surface area contributed by atoms with Gasteiger partial charge in [0, 0.05) is 53.6 Å². The minimum Gasteiger partial charge on any atom is -0.441 e. The van der Waals surface area contributed by atoms with Crippen LogP contribution in [0.1, 0.15) is 276 Å². The molecule has 12 aliphatic rings. The number of nitrogens with zero attached hydrogens (tertiary/aromatic N) is 2. The van der Waals surface area contributed by atoms with Gasteiger partial charge >= 0.3 is 131 Å². The molecule has 4 heterocycles. The normalized spacial score (nSPS) is 17.2. The van der Waals surface area contributed by atoms with Crippen molar-refractivity contribution in [3.8, 4) is 0 Å². The molecular formula is C76H171B8N2Zr6. The summed E-state index contributed by atoms with van der Waals surface area (Å²) >= 11 is 0. The maximum atomic E-state index is 3.38. The van der Waals surface area contributed by atoms with Gasteiger partial charge in [-0.1, -0.05) is 309 Å². The molecule has 4 saturated heterocycles. The van der Waals surface area contributed by atoms with Crippen molar-refractivity contribution in [3.05, 3.63) is 136 Å². The average molecular weight is 1750 g/mol. The Morgan fingerprint density at radius 2 is 0.293 bits per heavy atom. The van der Waals surface area contributed by atoms with Gasteiger partial charge in [0.1, 0.15) is 26.9 Å². The summed E-state index contributed by atoms with van der Waals surface area (Å²) in [5, 5.41) is 0. The first kappa shape index (κ1) is 151. The maximum absolute atomic E-state index is 3.38. The zero-order valence-electron chi connectivity index (χ0n) is 68.1. The number of rotatable bonds is 0. The molecule has 0 atom stereocenters. The van der Waals surface area contributed by atoms with E-state index in [1.807, 2.05) is 0 Å². The van der Waals surface area contributed by atoms with Crippen molar-refractivity contribution in [2.45, 2.75) is 356 Å². The first-order chi connectivity index (χ1) is 36.2. The van der Waals surface area contributed by atoms with Gasteiger partial charge in [0.2, 0.25) is 0 Å². The summed E-state index contributed by atoms with van der Waals surface area (Å²) in [4.78, 5) is 0. The first-order valence-corrected chi connectivity index (χ1v) is 34.1. The standard InChI is InChI=1S/8C5H10.2C4H10B2N.2C4H10B2.3C3H6.11CH3.6Zr/c8*1-2-4-5-3-1;2*1-5-4-6(2)7(5)3;2*1-5-3-6(2)4-5;3*1-3-2;;;;;;;;;;;;;;;;;/h8*1-5H2;2*4H,1-3H3;2*3-4H2,1-2H3;3*1-3H2;11*1H3;;;;;;/q;;;;;;;;2*-1;;;3*-2;11*-1;;+3;4*+4. The summed E-state index contributed by atoms with van der Waals surface area (Å²) in [5.74, 6) is 0.